The summed E-state index contributed by atoms with van der Waals surface area (Å²) in [6.07, 6.45) is 0.470. The highest BCUT2D eigenvalue weighted by Crippen LogP contribution is 2.33. The molecule has 3 aliphatic heterocycles. The molecule has 10 nitrogen and oxygen atoms in total. The van der Waals surface area contributed by atoms with Crippen molar-refractivity contribution in [1.29, 1.82) is 0 Å². The number of fused-ring (bicyclic) bond motifs is 2. The fourth-order valence-corrected chi connectivity index (χ4v) is 4.45. The summed E-state index contributed by atoms with van der Waals surface area (Å²) in [5.41, 5.74) is 2.14. The Hall–Kier alpha value is -3.73. The molecule has 2 aromatic rings. The second kappa shape index (κ2) is 8.90. The average Bonchev–Trinajstić information content (AvgIpc) is 3.20. The molecule has 3 aliphatic rings. The van der Waals surface area contributed by atoms with Crippen molar-refractivity contribution < 1.29 is 28.2 Å². The zero-order valence-electron chi connectivity index (χ0n) is 18.6. The molecule has 1 fully saturated rings. The van der Waals surface area contributed by atoms with Gasteiger partial charge in [-0.2, -0.15) is 0 Å². The Bertz CT molecular complexity index is 1170. The van der Waals surface area contributed by atoms with Crippen molar-refractivity contribution >= 4 is 35.2 Å². The SMILES string of the molecule is CN1C(=O)CCc2ccc(F)c(CCNCC3CN(c4ccc5c(n4)NC(=O)CO5)C(=O)O3)c21. The zero-order valence-corrected chi connectivity index (χ0v) is 18.6. The predicted molar refractivity (Wildman–Crippen MR) is 121 cm³/mol. The van der Waals surface area contributed by atoms with Crippen LogP contribution in [0.5, 0.6) is 5.75 Å². The van der Waals surface area contributed by atoms with Gasteiger partial charge in [0, 0.05) is 25.6 Å². The van der Waals surface area contributed by atoms with E-state index in [-0.39, 0.29) is 36.6 Å². The van der Waals surface area contributed by atoms with Crippen LogP contribution in [-0.2, 0) is 27.2 Å². The Balaban J connectivity index is 1.18. The van der Waals surface area contributed by atoms with Crippen molar-refractivity contribution in [3.8, 4) is 5.75 Å². The van der Waals surface area contributed by atoms with Gasteiger partial charge in [-0.15, -0.1) is 0 Å². The molecule has 1 atom stereocenters. The van der Waals surface area contributed by atoms with Crippen LogP contribution < -0.4 is 25.2 Å². The summed E-state index contributed by atoms with van der Waals surface area (Å²) in [6, 6.07) is 6.47. The van der Waals surface area contributed by atoms with E-state index in [0.29, 0.717) is 55.2 Å². The number of carbonyl (C=O) groups is 3. The van der Waals surface area contributed by atoms with Crippen LogP contribution in [-0.4, -0.2) is 62.3 Å². The average molecular weight is 469 g/mol. The molecular weight excluding hydrogens is 445 g/mol. The van der Waals surface area contributed by atoms with Crippen LogP contribution in [0, 0.1) is 5.82 Å². The molecule has 5 rings (SSSR count). The van der Waals surface area contributed by atoms with Gasteiger partial charge in [-0.3, -0.25) is 14.5 Å². The molecule has 1 aromatic carbocycles. The maximum Gasteiger partial charge on any atom is 0.416 e. The summed E-state index contributed by atoms with van der Waals surface area (Å²) in [7, 11) is 1.68. The Morgan fingerprint density at radius 1 is 1.21 bits per heavy atom. The van der Waals surface area contributed by atoms with Gasteiger partial charge in [0.2, 0.25) is 5.91 Å². The molecule has 4 heterocycles. The number of rotatable bonds is 6. The summed E-state index contributed by atoms with van der Waals surface area (Å²) < 4.78 is 25.3. The molecule has 1 saturated heterocycles. The Morgan fingerprint density at radius 3 is 2.91 bits per heavy atom. The molecule has 0 radical (unpaired) electrons. The second-order valence-electron chi connectivity index (χ2n) is 8.41. The molecule has 178 valence electrons. The number of hydrogen-bond acceptors (Lipinski definition) is 7. The smallest absolute Gasteiger partial charge is 0.416 e. The van der Waals surface area contributed by atoms with Crippen LogP contribution in [0.15, 0.2) is 24.3 Å². The molecule has 34 heavy (non-hydrogen) atoms. The van der Waals surface area contributed by atoms with Gasteiger partial charge < -0.3 is 25.0 Å². The first-order valence-corrected chi connectivity index (χ1v) is 11.1. The maximum atomic E-state index is 14.6. The minimum atomic E-state index is -0.536. The van der Waals surface area contributed by atoms with Crippen molar-refractivity contribution in [2.24, 2.45) is 0 Å². The van der Waals surface area contributed by atoms with Gasteiger partial charge >= 0.3 is 6.09 Å². The Labute approximate surface area is 195 Å². The number of hydrogen-bond donors (Lipinski definition) is 2. The van der Waals surface area contributed by atoms with Crippen LogP contribution in [0.25, 0.3) is 0 Å². The van der Waals surface area contributed by atoms with Gasteiger partial charge in [0.05, 0.1) is 12.2 Å². The lowest BCUT2D eigenvalue weighted by Gasteiger charge is -2.28. The molecule has 1 aromatic heterocycles. The first kappa shape index (κ1) is 22.1. The number of cyclic esters (lactones) is 1. The number of carbonyl (C=O) groups excluding carboxylic acids is 3. The van der Waals surface area contributed by atoms with Gasteiger partial charge in [0.25, 0.3) is 5.91 Å². The van der Waals surface area contributed by atoms with E-state index in [2.05, 4.69) is 15.6 Å². The predicted octanol–water partition coefficient (Wildman–Crippen LogP) is 1.62. The van der Waals surface area contributed by atoms with E-state index in [1.54, 1.807) is 25.2 Å². The fourth-order valence-electron chi connectivity index (χ4n) is 4.45. The number of ether oxygens (including phenoxy) is 2. The number of aromatic nitrogens is 1. The van der Waals surface area contributed by atoms with Crippen LogP contribution in [0.4, 0.5) is 26.5 Å². The van der Waals surface area contributed by atoms with E-state index >= 15 is 0 Å². The zero-order chi connectivity index (χ0) is 23.8. The van der Waals surface area contributed by atoms with Crippen LogP contribution in [0.2, 0.25) is 0 Å². The number of benzene rings is 1. The normalized spacial score (nSPS) is 19.4. The quantitative estimate of drug-likeness (QED) is 0.618. The number of halogens is 1. The molecule has 0 aliphatic carbocycles. The third-order valence-electron chi connectivity index (χ3n) is 6.16. The highest BCUT2D eigenvalue weighted by molar-refractivity contribution is 5.97. The van der Waals surface area contributed by atoms with E-state index in [1.807, 2.05) is 0 Å². The Kier molecular flexibility index (Phi) is 5.78. The summed E-state index contributed by atoms with van der Waals surface area (Å²) in [5.74, 6) is 0.386. The minimum Gasteiger partial charge on any atom is -0.480 e. The largest absolute Gasteiger partial charge is 0.480 e. The molecule has 11 heteroatoms. The van der Waals surface area contributed by atoms with Gasteiger partial charge in [0.1, 0.15) is 17.7 Å². The molecule has 3 amide bonds. The standard InChI is InChI=1S/C23H24FN5O5/c1-28-20(31)7-3-13-2-4-16(24)15(21(13)28)8-9-25-10-14-11-29(23(32)34-14)18-6-5-17-22(26-18)27-19(30)12-33-17/h2,4-6,14,25H,3,7-12H2,1H3,(H,26,27,30). The number of aryl methyl sites for hydroxylation is 1. The van der Waals surface area contributed by atoms with Crippen molar-refractivity contribution in [3.63, 3.8) is 0 Å². The molecule has 0 spiro atoms. The summed E-state index contributed by atoms with van der Waals surface area (Å²) in [4.78, 5) is 43.2. The number of amides is 3. The molecule has 2 N–H and O–H groups in total. The number of nitrogens with one attached hydrogen (secondary N) is 2. The summed E-state index contributed by atoms with van der Waals surface area (Å²) in [5, 5.41) is 5.83. The number of pyridine rings is 1. The second-order valence-corrected chi connectivity index (χ2v) is 8.41. The van der Waals surface area contributed by atoms with Gasteiger partial charge in [0.15, 0.2) is 18.2 Å². The van der Waals surface area contributed by atoms with Crippen molar-refractivity contribution in [2.75, 3.05) is 48.4 Å². The van der Waals surface area contributed by atoms with E-state index in [1.165, 1.54) is 15.9 Å². The number of nitrogens with zero attached hydrogens (tertiary/aromatic N) is 3. The summed E-state index contributed by atoms with van der Waals surface area (Å²) >= 11 is 0. The lowest BCUT2D eigenvalue weighted by atomic mass is 9.95. The maximum absolute atomic E-state index is 14.6. The van der Waals surface area contributed by atoms with Gasteiger partial charge in [-0.1, -0.05) is 6.07 Å². The van der Waals surface area contributed by atoms with Crippen LogP contribution in [0.3, 0.4) is 0 Å². The number of anilines is 3. The van der Waals surface area contributed by atoms with Crippen molar-refractivity contribution in [1.82, 2.24) is 10.3 Å². The highest BCUT2D eigenvalue weighted by atomic mass is 19.1. The van der Waals surface area contributed by atoms with Crippen molar-refractivity contribution in [3.05, 3.63) is 41.2 Å². The lowest BCUT2D eigenvalue weighted by Crippen LogP contribution is -2.34. The topological polar surface area (TPSA) is 113 Å². The highest BCUT2D eigenvalue weighted by Gasteiger charge is 2.34. The van der Waals surface area contributed by atoms with E-state index in [9.17, 15) is 18.8 Å². The van der Waals surface area contributed by atoms with Crippen LogP contribution >= 0.6 is 0 Å². The molecule has 0 bridgehead atoms. The van der Waals surface area contributed by atoms with Gasteiger partial charge in [-0.25, -0.2) is 14.2 Å². The first-order valence-electron chi connectivity index (χ1n) is 11.1. The summed E-state index contributed by atoms with van der Waals surface area (Å²) in [6.45, 7) is 1.02. The molecular formula is C23H24FN5O5. The van der Waals surface area contributed by atoms with E-state index in [4.69, 9.17) is 9.47 Å². The van der Waals surface area contributed by atoms with Crippen molar-refractivity contribution in [2.45, 2.75) is 25.4 Å². The molecule has 1 unspecified atom stereocenters. The molecule has 0 saturated carbocycles. The fraction of sp³-hybridized carbons (Fsp3) is 0.391. The van der Waals surface area contributed by atoms with Crippen LogP contribution in [0.1, 0.15) is 17.5 Å². The lowest BCUT2D eigenvalue weighted by molar-refractivity contribution is -0.119. The van der Waals surface area contributed by atoms with Gasteiger partial charge in [-0.05, 0) is 43.1 Å². The monoisotopic (exact) mass is 469 g/mol. The Morgan fingerprint density at radius 2 is 2.06 bits per heavy atom. The minimum absolute atomic E-state index is 0.0211. The first-order chi connectivity index (χ1) is 16.4. The third-order valence-corrected chi connectivity index (χ3v) is 6.16. The van der Waals surface area contributed by atoms with E-state index in [0.717, 1.165) is 5.56 Å². The third kappa shape index (κ3) is 4.14. The van der Waals surface area contributed by atoms with E-state index < -0.39 is 12.2 Å².